The molecule has 28 heavy (non-hydrogen) atoms. The molecule has 6 nitrogen and oxygen atoms in total. The zero-order valence-electron chi connectivity index (χ0n) is 16.2. The quantitative estimate of drug-likeness (QED) is 0.559. The van der Waals surface area contributed by atoms with E-state index in [0.29, 0.717) is 31.0 Å². The number of hydrogen-bond donors (Lipinski definition) is 3. The summed E-state index contributed by atoms with van der Waals surface area (Å²) in [4.78, 5) is 24.0. The highest BCUT2D eigenvalue weighted by Gasteiger charge is 2.20. The van der Waals surface area contributed by atoms with Gasteiger partial charge in [0.1, 0.15) is 5.75 Å². The molecule has 2 rings (SSSR count). The Hall–Kier alpha value is -2.73. The molecule has 0 aliphatic rings. The highest BCUT2D eigenvalue weighted by molar-refractivity contribution is 5.85. The fourth-order valence-corrected chi connectivity index (χ4v) is 2.83. The minimum atomic E-state index is -0.443. The van der Waals surface area contributed by atoms with Crippen LogP contribution in [0.2, 0.25) is 0 Å². The molecule has 0 heterocycles. The van der Waals surface area contributed by atoms with Crippen molar-refractivity contribution in [2.75, 3.05) is 18.9 Å². The Morgan fingerprint density at radius 2 is 1.79 bits per heavy atom. The van der Waals surface area contributed by atoms with Gasteiger partial charge >= 0.3 is 0 Å². The molecule has 1 unspecified atom stereocenters. The molecule has 0 aliphatic heterocycles. The van der Waals surface area contributed by atoms with Crippen LogP contribution in [0.5, 0.6) is 5.75 Å². The number of ether oxygens (including phenoxy) is 1. The lowest BCUT2D eigenvalue weighted by Gasteiger charge is -2.21. The van der Waals surface area contributed by atoms with E-state index in [1.807, 2.05) is 55.5 Å². The molecule has 2 aromatic rings. The van der Waals surface area contributed by atoms with Crippen LogP contribution in [0.1, 0.15) is 37.4 Å². The third-order valence-corrected chi connectivity index (χ3v) is 4.08. The van der Waals surface area contributed by atoms with Gasteiger partial charge in [-0.15, -0.1) is 12.4 Å². The van der Waals surface area contributed by atoms with Gasteiger partial charge in [-0.3, -0.25) is 9.59 Å². The Morgan fingerprint density at radius 3 is 2.43 bits per heavy atom. The monoisotopic (exact) mass is 405 g/mol. The average Bonchev–Trinajstić information content (AvgIpc) is 2.63. The first-order valence-electron chi connectivity index (χ1n) is 9.09. The smallest absolute Gasteiger partial charge is 0.222 e. The predicted molar refractivity (Wildman–Crippen MR) is 114 cm³/mol. The maximum Gasteiger partial charge on any atom is 0.222 e. The summed E-state index contributed by atoms with van der Waals surface area (Å²) in [5, 5.41) is 5.75. The molecule has 2 aromatic carbocycles. The summed E-state index contributed by atoms with van der Waals surface area (Å²) in [6, 6.07) is 14.6. The molecular weight excluding hydrogens is 378 g/mol. The van der Waals surface area contributed by atoms with E-state index in [2.05, 4.69) is 10.6 Å². The van der Waals surface area contributed by atoms with Crippen molar-refractivity contribution < 1.29 is 14.3 Å². The number of rotatable bonds is 9. The number of carbonyl (C=O) groups excluding carboxylic acids is 2. The van der Waals surface area contributed by atoms with Crippen LogP contribution in [0.25, 0.3) is 0 Å². The summed E-state index contributed by atoms with van der Waals surface area (Å²) in [7, 11) is 0. The van der Waals surface area contributed by atoms with E-state index in [0.717, 1.165) is 11.1 Å². The van der Waals surface area contributed by atoms with Gasteiger partial charge in [0, 0.05) is 24.7 Å². The topological polar surface area (TPSA) is 93.4 Å². The van der Waals surface area contributed by atoms with Crippen LogP contribution in [-0.2, 0) is 16.0 Å². The van der Waals surface area contributed by atoms with Crippen LogP contribution in [0.15, 0.2) is 48.5 Å². The molecule has 0 radical (unpaired) electrons. The van der Waals surface area contributed by atoms with Crippen molar-refractivity contribution in [2.24, 2.45) is 0 Å². The van der Waals surface area contributed by atoms with Gasteiger partial charge in [0.2, 0.25) is 11.8 Å². The summed E-state index contributed by atoms with van der Waals surface area (Å²) in [5.41, 5.74) is 8.29. The number of nitrogens with one attached hydrogen (secondary N) is 2. The standard InChI is InChI=1S/C21H27N3O3.ClH/c1-3-27-20-7-5-4-6-18(20)19(24-15(2)25)14-21(26)23-13-12-16-8-10-17(22)11-9-16;/h4-11,19H,3,12-14,22H2,1-2H3,(H,23,26)(H,24,25);1H. The van der Waals surface area contributed by atoms with Crippen LogP contribution in [-0.4, -0.2) is 25.0 Å². The molecule has 0 aliphatic carbocycles. The van der Waals surface area contributed by atoms with Crippen molar-refractivity contribution in [1.29, 1.82) is 0 Å². The lowest BCUT2D eigenvalue weighted by Crippen LogP contribution is -2.33. The minimum absolute atomic E-state index is 0. The zero-order valence-corrected chi connectivity index (χ0v) is 17.1. The summed E-state index contributed by atoms with van der Waals surface area (Å²) in [6.07, 6.45) is 0.859. The maximum absolute atomic E-state index is 12.4. The number of carbonyl (C=O) groups is 2. The Labute approximate surface area is 172 Å². The molecule has 0 bridgehead atoms. The molecule has 0 fully saturated rings. The van der Waals surface area contributed by atoms with Crippen molar-refractivity contribution in [3.8, 4) is 5.75 Å². The normalized spacial score (nSPS) is 11.1. The Kier molecular flexibility index (Phi) is 9.88. The molecule has 0 aromatic heterocycles. The molecule has 0 spiro atoms. The summed E-state index contributed by atoms with van der Waals surface area (Å²) in [6.45, 7) is 4.36. The number of para-hydroxylation sites is 1. The predicted octanol–water partition coefficient (Wildman–Crippen LogP) is 3.02. The van der Waals surface area contributed by atoms with E-state index in [1.165, 1.54) is 6.92 Å². The zero-order chi connectivity index (χ0) is 19.6. The second-order valence-electron chi connectivity index (χ2n) is 6.27. The highest BCUT2D eigenvalue weighted by Crippen LogP contribution is 2.27. The molecule has 7 heteroatoms. The second-order valence-corrected chi connectivity index (χ2v) is 6.27. The molecular formula is C21H28ClN3O3. The Bertz CT molecular complexity index is 766. The molecule has 0 saturated carbocycles. The Morgan fingerprint density at radius 1 is 1.11 bits per heavy atom. The van der Waals surface area contributed by atoms with Crippen molar-refractivity contribution in [3.63, 3.8) is 0 Å². The van der Waals surface area contributed by atoms with E-state index in [1.54, 1.807) is 0 Å². The summed E-state index contributed by atoms with van der Waals surface area (Å²) < 4.78 is 5.64. The first-order chi connectivity index (χ1) is 13.0. The van der Waals surface area contributed by atoms with Crippen LogP contribution < -0.4 is 21.1 Å². The van der Waals surface area contributed by atoms with Gasteiger partial charge in [0.25, 0.3) is 0 Å². The van der Waals surface area contributed by atoms with Crippen LogP contribution >= 0.6 is 12.4 Å². The second kappa shape index (κ2) is 11.9. The van der Waals surface area contributed by atoms with E-state index in [9.17, 15) is 9.59 Å². The van der Waals surface area contributed by atoms with Gasteiger partial charge in [-0.05, 0) is 37.1 Å². The van der Waals surface area contributed by atoms with E-state index in [4.69, 9.17) is 10.5 Å². The van der Waals surface area contributed by atoms with Gasteiger partial charge in [-0.1, -0.05) is 30.3 Å². The molecule has 0 saturated heterocycles. The number of nitrogens with two attached hydrogens (primary N) is 1. The molecule has 4 N–H and O–H groups in total. The van der Waals surface area contributed by atoms with Crippen molar-refractivity contribution in [3.05, 3.63) is 59.7 Å². The number of amides is 2. The highest BCUT2D eigenvalue weighted by atomic mass is 35.5. The van der Waals surface area contributed by atoms with E-state index < -0.39 is 6.04 Å². The van der Waals surface area contributed by atoms with E-state index in [-0.39, 0.29) is 30.6 Å². The SMILES string of the molecule is CCOc1ccccc1C(CC(=O)NCCc1ccc(N)cc1)NC(C)=O.Cl. The fourth-order valence-electron chi connectivity index (χ4n) is 2.83. The van der Waals surface area contributed by atoms with Crippen LogP contribution in [0.4, 0.5) is 5.69 Å². The number of nitrogen functional groups attached to an aromatic ring is 1. The molecule has 1 atom stereocenters. The third-order valence-electron chi connectivity index (χ3n) is 4.08. The first kappa shape index (κ1) is 23.3. The van der Waals surface area contributed by atoms with Crippen molar-refractivity contribution in [1.82, 2.24) is 10.6 Å². The van der Waals surface area contributed by atoms with Crippen molar-refractivity contribution >= 4 is 29.9 Å². The first-order valence-corrected chi connectivity index (χ1v) is 9.09. The number of halogens is 1. The largest absolute Gasteiger partial charge is 0.494 e. The number of hydrogen-bond acceptors (Lipinski definition) is 4. The van der Waals surface area contributed by atoms with Gasteiger partial charge in [0.15, 0.2) is 0 Å². The van der Waals surface area contributed by atoms with Crippen LogP contribution in [0, 0.1) is 0 Å². The average molecular weight is 406 g/mol. The Balaban J connectivity index is 0.00000392. The minimum Gasteiger partial charge on any atom is -0.494 e. The fraction of sp³-hybridized carbons (Fsp3) is 0.333. The van der Waals surface area contributed by atoms with Gasteiger partial charge in [0.05, 0.1) is 19.1 Å². The molecule has 2 amide bonds. The maximum atomic E-state index is 12.4. The third kappa shape index (κ3) is 7.48. The summed E-state index contributed by atoms with van der Waals surface area (Å²) in [5.74, 6) is 0.352. The number of benzene rings is 2. The van der Waals surface area contributed by atoms with E-state index >= 15 is 0 Å². The van der Waals surface area contributed by atoms with Gasteiger partial charge in [-0.2, -0.15) is 0 Å². The lowest BCUT2D eigenvalue weighted by molar-refractivity contribution is -0.122. The lowest BCUT2D eigenvalue weighted by atomic mass is 10.0. The molecule has 152 valence electrons. The van der Waals surface area contributed by atoms with Gasteiger partial charge in [-0.25, -0.2) is 0 Å². The summed E-state index contributed by atoms with van der Waals surface area (Å²) >= 11 is 0. The van der Waals surface area contributed by atoms with Crippen molar-refractivity contribution in [2.45, 2.75) is 32.7 Å². The van der Waals surface area contributed by atoms with Gasteiger partial charge < -0.3 is 21.1 Å². The van der Waals surface area contributed by atoms with Crippen LogP contribution in [0.3, 0.4) is 0 Å². The number of anilines is 1.